The number of hydrogen-bond donors (Lipinski definition) is 0. The van der Waals surface area contributed by atoms with Gasteiger partial charge in [0.25, 0.3) is 0 Å². The van der Waals surface area contributed by atoms with Gasteiger partial charge in [-0.05, 0) is 58.3 Å². The van der Waals surface area contributed by atoms with Crippen LogP contribution in [0.25, 0.3) is 0 Å². The highest BCUT2D eigenvalue weighted by Crippen LogP contribution is 2.36. The fourth-order valence-electron chi connectivity index (χ4n) is 4.31. The zero-order valence-electron chi connectivity index (χ0n) is 16.6. The standard InChI is InChI=1S/C20H27BrN2O4S/c1-13-8-14(2)12-22(11-13)20(25)5-7-28(26,27)19-10-18-16(9-17(19)21)4-6-23(18)15(3)24/h9-10,13-14H,4-8,11-12H2,1-3H3/t13-,14-/m1/s1. The fraction of sp³-hybridized carbons (Fsp3) is 0.600. The maximum atomic E-state index is 12.9. The van der Waals surface area contributed by atoms with E-state index >= 15 is 0 Å². The Kier molecular flexibility index (Phi) is 6.20. The molecule has 2 amide bonds. The monoisotopic (exact) mass is 470 g/mol. The number of nitrogens with zero attached hydrogens (tertiary/aromatic N) is 2. The Labute approximate surface area is 175 Å². The minimum absolute atomic E-state index is 0.0261. The van der Waals surface area contributed by atoms with Gasteiger partial charge in [-0.3, -0.25) is 9.59 Å². The van der Waals surface area contributed by atoms with Gasteiger partial charge in [0.2, 0.25) is 11.8 Å². The molecule has 8 heteroatoms. The van der Waals surface area contributed by atoms with E-state index < -0.39 is 9.84 Å². The van der Waals surface area contributed by atoms with Gasteiger partial charge >= 0.3 is 0 Å². The van der Waals surface area contributed by atoms with Gasteiger partial charge in [-0.1, -0.05) is 13.8 Å². The van der Waals surface area contributed by atoms with Gasteiger partial charge in [-0.15, -0.1) is 0 Å². The molecule has 0 N–H and O–H groups in total. The molecule has 28 heavy (non-hydrogen) atoms. The largest absolute Gasteiger partial charge is 0.342 e. The third-order valence-electron chi connectivity index (χ3n) is 5.55. The van der Waals surface area contributed by atoms with Crippen LogP contribution < -0.4 is 4.90 Å². The Morgan fingerprint density at radius 2 is 1.82 bits per heavy atom. The van der Waals surface area contributed by atoms with E-state index in [0.29, 0.717) is 48.1 Å². The molecule has 2 aliphatic heterocycles. The summed E-state index contributed by atoms with van der Waals surface area (Å²) in [6.45, 7) is 7.66. The van der Waals surface area contributed by atoms with Gasteiger partial charge < -0.3 is 9.80 Å². The average Bonchev–Trinajstić information content (AvgIpc) is 3.01. The van der Waals surface area contributed by atoms with E-state index in [4.69, 9.17) is 0 Å². The highest BCUT2D eigenvalue weighted by atomic mass is 79.9. The Hall–Kier alpha value is -1.41. The number of benzene rings is 1. The lowest BCUT2D eigenvalue weighted by Gasteiger charge is -2.35. The van der Waals surface area contributed by atoms with Gasteiger partial charge in [-0.2, -0.15) is 0 Å². The molecule has 2 heterocycles. The number of amides is 2. The van der Waals surface area contributed by atoms with E-state index in [2.05, 4.69) is 29.8 Å². The molecule has 0 spiro atoms. The number of likely N-dealkylation sites (tertiary alicyclic amines) is 1. The molecule has 0 radical (unpaired) electrons. The Bertz CT molecular complexity index is 890. The average molecular weight is 471 g/mol. The van der Waals surface area contributed by atoms with Crippen LogP contribution in [0.3, 0.4) is 0 Å². The Morgan fingerprint density at radius 3 is 2.43 bits per heavy atom. The number of anilines is 1. The minimum Gasteiger partial charge on any atom is -0.342 e. The third kappa shape index (κ3) is 4.43. The van der Waals surface area contributed by atoms with Crippen molar-refractivity contribution in [2.45, 2.75) is 44.9 Å². The second kappa shape index (κ2) is 8.14. The predicted octanol–water partition coefficient (Wildman–Crippen LogP) is 3.03. The van der Waals surface area contributed by atoms with Crippen molar-refractivity contribution in [3.8, 4) is 0 Å². The molecule has 1 saturated heterocycles. The molecule has 0 unspecified atom stereocenters. The molecule has 2 atom stereocenters. The Morgan fingerprint density at radius 1 is 1.18 bits per heavy atom. The summed E-state index contributed by atoms with van der Waals surface area (Å²) in [4.78, 5) is 27.9. The van der Waals surface area contributed by atoms with Crippen LogP contribution in [0.2, 0.25) is 0 Å². The van der Waals surface area contributed by atoms with Crippen molar-refractivity contribution in [1.29, 1.82) is 0 Å². The van der Waals surface area contributed by atoms with E-state index in [0.717, 1.165) is 12.0 Å². The van der Waals surface area contributed by atoms with Crippen LogP contribution in [0, 0.1) is 11.8 Å². The van der Waals surface area contributed by atoms with Gasteiger partial charge in [0, 0.05) is 43.1 Å². The number of fused-ring (bicyclic) bond motifs is 1. The molecular weight excluding hydrogens is 444 g/mol. The molecule has 1 fully saturated rings. The van der Waals surface area contributed by atoms with Gasteiger partial charge in [0.1, 0.15) is 0 Å². The van der Waals surface area contributed by atoms with E-state index in [1.165, 1.54) is 6.92 Å². The van der Waals surface area contributed by atoms with Gasteiger partial charge in [0.15, 0.2) is 9.84 Å². The van der Waals surface area contributed by atoms with Crippen LogP contribution in [-0.4, -0.2) is 50.5 Å². The summed E-state index contributed by atoms with van der Waals surface area (Å²) in [5, 5.41) is 0. The number of sulfone groups is 1. The summed E-state index contributed by atoms with van der Waals surface area (Å²) < 4.78 is 26.4. The lowest BCUT2D eigenvalue weighted by atomic mass is 9.92. The summed E-state index contributed by atoms with van der Waals surface area (Å²) in [6.07, 6.45) is 1.77. The van der Waals surface area contributed by atoms with Crippen molar-refractivity contribution in [3.05, 3.63) is 22.2 Å². The summed E-state index contributed by atoms with van der Waals surface area (Å²) in [7, 11) is -3.65. The van der Waals surface area contributed by atoms with Crippen molar-refractivity contribution in [2.24, 2.45) is 11.8 Å². The smallest absolute Gasteiger partial charge is 0.223 e. The molecule has 1 aromatic carbocycles. The maximum Gasteiger partial charge on any atom is 0.223 e. The zero-order valence-corrected chi connectivity index (χ0v) is 19.0. The first-order valence-corrected chi connectivity index (χ1v) is 12.1. The van der Waals surface area contributed by atoms with E-state index in [1.54, 1.807) is 21.9 Å². The van der Waals surface area contributed by atoms with Crippen molar-refractivity contribution in [1.82, 2.24) is 4.90 Å². The molecular formula is C20H27BrN2O4S. The molecule has 6 nitrogen and oxygen atoms in total. The van der Waals surface area contributed by atoms with Crippen molar-refractivity contribution in [3.63, 3.8) is 0 Å². The predicted molar refractivity (Wildman–Crippen MR) is 112 cm³/mol. The molecule has 1 aromatic rings. The first-order chi connectivity index (χ1) is 13.1. The van der Waals surface area contributed by atoms with Crippen LogP contribution in [-0.2, 0) is 25.8 Å². The molecule has 0 aliphatic carbocycles. The number of piperidine rings is 1. The van der Waals surface area contributed by atoms with Crippen LogP contribution in [0.15, 0.2) is 21.5 Å². The molecule has 154 valence electrons. The quantitative estimate of drug-likeness (QED) is 0.677. The lowest BCUT2D eigenvalue weighted by Crippen LogP contribution is -2.43. The van der Waals surface area contributed by atoms with Gasteiger partial charge in [-0.25, -0.2) is 8.42 Å². The van der Waals surface area contributed by atoms with Crippen molar-refractivity contribution < 1.29 is 18.0 Å². The van der Waals surface area contributed by atoms with Crippen LogP contribution in [0.5, 0.6) is 0 Å². The van der Waals surface area contributed by atoms with Crippen molar-refractivity contribution >= 4 is 43.3 Å². The third-order valence-corrected chi connectivity index (χ3v) is 8.22. The second-order valence-electron chi connectivity index (χ2n) is 8.15. The summed E-state index contributed by atoms with van der Waals surface area (Å²) in [6, 6.07) is 3.35. The number of carbonyl (C=O) groups excluding carboxylic acids is 2. The number of carbonyl (C=O) groups is 2. The summed E-state index contributed by atoms with van der Waals surface area (Å²) in [5.74, 6) is 0.431. The number of hydrogen-bond acceptors (Lipinski definition) is 4. The number of rotatable bonds is 4. The lowest BCUT2D eigenvalue weighted by molar-refractivity contribution is -0.133. The van der Waals surface area contributed by atoms with Crippen LogP contribution >= 0.6 is 15.9 Å². The number of halogens is 1. The normalized spacial score (nSPS) is 22.3. The highest BCUT2D eigenvalue weighted by molar-refractivity contribution is 9.10. The van der Waals surface area contributed by atoms with E-state index in [9.17, 15) is 18.0 Å². The van der Waals surface area contributed by atoms with Crippen LogP contribution in [0.1, 0.15) is 39.2 Å². The fourth-order valence-corrected chi connectivity index (χ4v) is 6.75. The molecule has 0 aromatic heterocycles. The Balaban J connectivity index is 1.75. The van der Waals surface area contributed by atoms with Crippen molar-refractivity contribution in [2.75, 3.05) is 30.3 Å². The second-order valence-corrected chi connectivity index (χ2v) is 11.1. The summed E-state index contributed by atoms with van der Waals surface area (Å²) in [5.41, 5.74) is 1.60. The molecule has 0 bridgehead atoms. The van der Waals surface area contributed by atoms with Crippen LogP contribution in [0.4, 0.5) is 5.69 Å². The molecule has 0 saturated carbocycles. The van der Waals surface area contributed by atoms with Gasteiger partial charge in [0.05, 0.1) is 10.6 Å². The highest BCUT2D eigenvalue weighted by Gasteiger charge is 2.29. The summed E-state index contributed by atoms with van der Waals surface area (Å²) >= 11 is 3.36. The first kappa shape index (κ1) is 21.3. The topological polar surface area (TPSA) is 74.8 Å². The molecule has 3 rings (SSSR count). The molecule has 2 aliphatic rings. The zero-order chi connectivity index (χ0) is 20.6. The SMILES string of the molecule is CC(=O)N1CCc2cc(Br)c(S(=O)(=O)CCC(=O)N3C[C@H](C)C[C@@H](C)C3)cc21. The first-order valence-electron chi connectivity index (χ1n) is 9.69. The minimum atomic E-state index is -3.65. The van der Waals surface area contributed by atoms with E-state index in [-0.39, 0.29) is 28.9 Å². The maximum absolute atomic E-state index is 12.9. The van der Waals surface area contributed by atoms with E-state index in [1.807, 2.05) is 0 Å².